The number of hydrogen-bond donors (Lipinski definition) is 3. The van der Waals surface area contributed by atoms with Crippen molar-refractivity contribution in [3.63, 3.8) is 0 Å². The number of nitrogens with one attached hydrogen (secondary N) is 1. The van der Waals surface area contributed by atoms with E-state index in [0.29, 0.717) is 6.54 Å². The van der Waals surface area contributed by atoms with Crippen LogP contribution in [-0.4, -0.2) is 39.8 Å². The largest absolute Gasteiger partial charge is 0.507 e. The molecule has 0 aliphatic rings. The van der Waals surface area contributed by atoms with Gasteiger partial charge in [-0.15, -0.1) is 0 Å². The van der Waals surface area contributed by atoms with Crippen LogP contribution in [0.5, 0.6) is 5.75 Å². The minimum atomic E-state index is -1.06. The molecule has 0 saturated carbocycles. The number of aromatic hydroxyl groups is 1. The van der Waals surface area contributed by atoms with Gasteiger partial charge in [0.2, 0.25) is 0 Å². The van der Waals surface area contributed by atoms with E-state index < -0.39 is 12.1 Å². The standard InChI is InChI=1S/C26H30N2O3/c1-20(16-17-21-10-4-2-5-11-21)28(18-22-12-6-3-7-13-22)19-25(30)27-26(31)23-14-8-9-15-24(23)29/h2-15,20,25,29-30H,16-19H2,1H3,(H,27,31)/t20-,25-/m1/s1. The molecule has 3 N–H and O–H groups in total. The summed E-state index contributed by atoms with van der Waals surface area (Å²) in [7, 11) is 0. The molecule has 0 heterocycles. The van der Waals surface area contributed by atoms with Gasteiger partial charge in [-0.25, -0.2) is 0 Å². The molecule has 31 heavy (non-hydrogen) atoms. The number of amides is 1. The first kappa shape index (κ1) is 22.5. The molecule has 1 amide bonds. The Morgan fingerprint density at radius 2 is 1.48 bits per heavy atom. The Balaban J connectivity index is 1.65. The second kappa shape index (κ2) is 11.3. The number of aliphatic hydroxyl groups excluding tert-OH is 1. The smallest absolute Gasteiger partial charge is 0.257 e. The lowest BCUT2D eigenvalue weighted by Gasteiger charge is -2.31. The fraction of sp³-hybridized carbons (Fsp3) is 0.269. The van der Waals surface area contributed by atoms with E-state index in [1.807, 2.05) is 36.4 Å². The summed E-state index contributed by atoms with van der Waals surface area (Å²) >= 11 is 0. The van der Waals surface area contributed by atoms with Gasteiger partial charge in [0.05, 0.1) is 5.56 Å². The van der Waals surface area contributed by atoms with Gasteiger partial charge in [0.15, 0.2) is 0 Å². The van der Waals surface area contributed by atoms with Crippen LogP contribution in [0, 0.1) is 0 Å². The Kier molecular flexibility index (Phi) is 8.21. The van der Waals surface area contributed by atoms with Crippen molar-refractivity contribution in [1.29, 1.82) is 0 Å². The number of aliphatic hydroxyl groups is 1. The number of para-hydroxylation sites is 1. The van der Waals surface area contributed by atoms with Crippen LogP contribution in [-0.2, 0) is 13.0 Å². The summed E-state index contributed by atoms with van der Waals surface area (Å²) in [5.41, 5.74) is 2.57. The molecule has 0 radical (unpaired) electrons. The van der Waals surface area contributed by atoms with Crippen LogP contribution in [0.1, 0.15) is 34.8 Å². The third-order valence-electron chi connectivity index (χ3n) is 5.40. The van der Waals surface area contributed by atoms with Crippen molar-refractivity contribution in [3.8, 4) is 5.75 Å². The van der Waals surface area contributed by atoms with E-state index in [1.54, 1.807) is 12.1 Å². The Morgan fingerprint density at radius 1 is 0.903 bits per heavy atom. The lowest BCUT2D eigenvalue weighted by molar-refractivity contribution is 0.0520. The lowest BCUT2D eigenvalue weighted by Crippen LogP contribution is -2.46. The molecular weight excluding hydrogens is 388 g/mol. The number of phenols is 1. The van der Waals surface area contributed by atoms with Gasteiger partial charge in [-0.05, 0) is 43.0 Å². The summed E-state index contributed by atoms with van der Waals surface area (Å²) in [6, 6.07) is 26.9. The van der Waals surface area contributed by atoms with Crippen LogP contribution in [0.15, 0.2) is 84.9 Å². The van der Waals surface area contributed by atoms with Crippen molar-refractivity contribution in [1.82, 2.24) is 10.2 Å². The third-order valence-corrected chi connectivity index (χ3v) is 5.40. The molecule has 3 aromatic rings. The number of rotatable bonds is 10. The van der Waals surface area contributed by atoms with Crippen molar-refractivity contribution in [3.05, 3.63) is 102 Å². The normalized spacial score (nSPS) is 13.0. The maximum atomic E-state index is 12.4. The summed E-state index contributed by atoms with van der Waals surface area (Å²) in [5.74, 6) is -0.605. The number of carbonyl (C=O) groups is 1. The molecule has 0 unspecified atom stereocenters. The van der Waals surface area contributed by atoms with Gasteiger partial charge in [0.25, 0.3) is 5.91 Å². The van der Waals surface area contributed by atoms with E-state index in [9.17, 15) is 15.0 Å². The van der Waals surface area contributed by atoms with Crippen LogP contribution >= 0.6 is 0 Å². The summed E-state index contributed by atoms with van der Waals surface area (Å²) in [6.07, 6.45) is 0.806. The zero-order valence-corrected chi connectivity index (χ0v) is 17.8. The molecule has 5 heteroatoms. The van der Waals surface area contributed by atoms with Crippen LogP contribution in [0.3, 0.4) is 0 Å². The number of hydrogen-bond acceptors (Lipinski definition) is 4. The Hall–Kier alpha value is -3.15. The van der Waals surface area contributed by atoms with E-state index >= 15 is 0 Å². The van der Waals surface area contributed by atoms with Crippen LogP contribution in [0.4, 0.5) is 0 Å². The molecule has 2 atom stereocenters. The summed E-state index contributed by atoms with van der Waals surface area (Å²) < 4.78 is 0. The summed E-state index contributed by atoms with van der Waals surface area (Å²) in [5, 5.41) is 23.1. The van der Waals surface area contributed by atoms with Crippen molar-refractivity contribution < 1.29 is 15.0 Å². The molecule has 3 rings (SSSR count). The first-order valence-corrected chi connectivity index (χ1v) is 10.6. The van der Waals surface area contributed by atoms with Gasteiger partial charge >= 0.3 is 0 Å². The van der Waals surface area contributed by atoms with E-state index in [4.69, 9.17) is 0 Å². The topological polar surface area (TPSA) is 72.8 Å². The maximum Gasteiger partial charge on any atom is 0.257 e. The van der Waals surface area contributed by atoms with Crippen LogP contribution in [0.2, 0.25) is 0 Å². The minimum Gasteiger partial charge on any atom is -0.507 e. The molecular formula is C26H30N2O3. The van der Waals surface area contributed by atoms with Gasteiger partial charge in [-0.2, -0.15) is 0 Å². The molecule has 0 bridgehead atoms. The van der Waals surface area contributed by atoms with Crippen molar-refractivity contribution in [2.24, 2.45) is 0 Å². The molecule has 0 saturated heterocycles. The van der Waals surface area contributed by atoms with Crippen LogP contribution < -0.4 is 5.32 Å². The highest BCUT2D eigenvalue weighted by molar-refractivity contribution is 5.96. The average Bonchev–Trinajstić information content (AvgIpc) is 2.78. The third kappa shape index (κ3) is 6.95. The zero-order valence-electron chi connectivity index (χ0n) is 17.8. The molecule has 0 aliphatic heterocycles. The lowest BCUT2D eigenvalue weighted by atomic mass is 10.0. The monoisotopic (exact) mass is 418 g/mol. The van der Waals surface area contributed by atoms with E-state index in [-0.39, 0.29) is 23.9 Å². The molecule has 0 aliphatic carbocycles. The van der Waals surface area contributed by atoms with Crippen LogP contribution in [0.25, 0.3) is 0 Å². The fourth-order valence-electron chi connectivity index (χ4n) is 3.58. The van der Waals surface area contributed by atoms with E-state index in [1.165, 1.54) is 17.7 Å². The average molecular weight is 419 g/mol. The highest BCUT2D eigenvalue weighted by Gasteiger charge is 2.21. The van der Waals surface area contributed by atoms with Gasteiger partial charge in [0.1, 0.15) is 12.0 Å². The van der Waals surface area contributed by atoms with Gasteiger partial charge < -0.3 is 15.5 Å². The Morgan fingerprint density at radius 3 is 2.13 bits per heavy atom. The Labute approximate surface area is 184 Å². The number of phenolic OH excluding ortho intramolecular Hbond substituents is 1. The summed E-state index contributed by atoms with van der Waals surface area (Å²) in [6.45, 7) is 3.09. The minimum absolute atomic E-state index is 0.107. The maximum absolute atomic E-state index is 12.4. The number of benzene rings is 3. The van der Waals surface area contributed by atoms with Crippen molar-refractivity contribution in [2.45, 2.75) is 38.6 Å². The predicted octanol–water partition coefficient (Wildman–Crippen LogP) is 3.96. The van der Waals surface area contributed by atoms with E-state index in [2.05, 4.69) is 41.4 Å². The zero-order chi connectivity index (χ0) is 22.1. The van der Waals surface area contributed by atoms with Gasteiger partial charge in [-0.3, -0.25) is 9.69 Å². The molecule has 0 spiro atoms. The van der Waals surface area contributed by atoms with Gasteiger partial charge in [-0.1, -0.05) is 72.8 Å². The first-order valence-electron chi connectivity index (χ1n) is 10.6. The summed E-state index contributed by atoms with van der Waals surface area (Å²) in [4.78, 5) is 14.6. The first-order chi connectivity index (χ1) is 15.0. The highest BCUT2D eigenvalue weighted by atomic mass is 16.3. The van der Waals surface area contributed by atoms with Crippen molar-refractivity contribution in [2.75, 3.05) is 6.54 Å². The number of aryl methyl sites for hydroxylation is 1. The van der Waals surface area contributed by atoms with Gasteiger partial charge in [0, 0.05) is 19.1 Å². The number of nitrogens with zero attached hydrogens (tertiary/aromatic N) is 1. The van der Waals surface area contributed by atoms with E-state index in [0.717, 1.165) is 18.4 Å². The Bertz CT molecular complexity index is 947. The molecule has 3 aromatic carbocycles. The molecule has 0 aromatic heterocycles. The molecule has 0 fully saturated rings. The quantitative estimate of drug-likeness (QED) is 0.436. The molecule has 162 valence electrons. The fourth-order valence-corrected chi connectivity index (χ4v) is 3.58. The second-order valence-corrected chi connectivity index (χ2v) is 7.79. The highest BCUT2D eigenvalue weighted by Crippen LogP contribution is 2.17. The molecule has 5 nitrogen and oxygen atoms in total. The van der Waals surface area contributed by atoms with Crippen molar-refractivity contribution >= 4 is 5.91 Å². The predicted molar refractivity (Wildman–Crippen MR) is 123 cm³/mol. The number of carbonyl (C=O) groups excluding carboxylic acids is 1. The second-order valence-electron chi connectivity index (χ2n) is 7.79. The SMILES string of the molecule is C[C@H](CCc1ccccc1)N(Cc1ccccc1)C[C@@H](O)NC(=O)c1ccccc1O.